The van der Waals surface area contributed by atoms with Crippen molar-refractivity contribution in [3.8, 4) is 0 Å². The fourth-order valence-corrected chi connectivity index (χ4v) is 7.18. The molecule has 0 rings (SSSR count). The Bertz CT molecular complexity index is 747. The van der Waals surface area contributed by atoms with Crippen LogP contribution in [0, 0.1) is 0 Å². The van der Waals surface area contributed by atoms with Crippen molar-refractivity contribution in [2.24, 2.45) is 0 Å². The zero-order valence-corrected chi connectivity index (χ0v) is 36.1. The van der Waals surface area contributed by atoms with Gasteiger partial charge in [0.15, 0.2) is 0 Å². The standard InChI is InChI=1S/C49H94O4/c1-3-5-7-9-11-13-15-17-19-21-22-23-24-25-26-27-28-29-30-32-34-36-38-40-42-44-49(51)53-48(46-50)47-52-45-43-41-39-37-35-33-31-20-18-16-14-12-10-8-6-4-2/h15,17,21-22,48,50H,3-14,16,18-20,23-47H2,1-2H3/b17-15-,22-21-. The summed E-state index contributed by atoms with van der Waals surface area (Å²) >= 11 is 0. The van der Waals surface area contributed by atoms with E-state index in [2.05, 4.69) is 38.2 Å². The quantitative estimate of drug-likeness (QED) is 0.0383. The van der Waals surface area contributed by atoms with Crippen LogP contribution in [0.1, 0.15) is 258 Å². The molecule has 0 saturated carbocycles. The second kappa shape index (κ2) is 47.0. The number of rotatable bonds is 45. The predicted octanol–water partition coefficient (Wildman–Crippen LogP) is 15.9. The van der Waals surface area contributed by atoms with Crippen molar-refractivity contribution in [1.29, 1.82) is 0 Å². The SMILES string of the molecule is CCCCCCC/C=C\C/C=C\CCCCCCCCCCCCCCCC(=O)OC(CO)COCCCCCCCCCCCCCCCCCC. The first-order valence-electron chi connectivity index (χ1n) is 23.9. The molecule has 0 heterocycles. The molecule has 0 saturated heterocycles. The number of unbranched alkanes of at least 4 members (excludes halogenated alkanes) is 33. The van der Waals surface area contributed by atoms with E-state index in [1.54, 1.807) is 0 Å². The van der Waals surface area contributed by atoms with E-state index >= 15 is 0 Å². The zero-order chi connectivity index (χ0) is 38.4. The summed E-state index contributed by atoms with van der Waals surface area (Å²) in [4.78, 5) is 12.2. The molecule has 0 radical (unpaired) electrons. The van der Waals surface area contributed by atoms with E-state index in [1.165, 1.54) is 212 Å². The average Bonchev–Trinajstić information content (AvgIpc) is 3.16. The van der Waals surface area contributed by atoms with Gasteiger partial charge in [-0.3, -0.25) is 4.79 Å². The van der Waals surface area contributed by atoms with E-state index in [1.807, 2.05) is 0 Å². The minimum atomic E-state index is -0.530. The molecule has 0 aromatic heterocycles. The number of carbonyl (C=O) groups is 1. The van der Waals surface area contributed by atoms with Crippen molar-refractivity contribution in [3.05, 3.63) is 24.3 Å². The predicted molar refractivity (Wildman–Crippen MR) is 233 cm³/mol. The first-order chi connectivity index (χ1) is 26.2. The molecule has 0 aliphatic heterocycles. The van der Waals surface area contributed by atoms with Crippen molar-refractivity contribution in [3.63, 3.8) is 0 Å². The summed E-state index contributed by atoms with van der Waals surface area (Å²) in [6, 6.07) is 0. The van der Waals surface area contributed by atoms with E-state index in [9.17, 15) is 9.90 Å². The molecule has 0 amide bonds. The number of esters is 1. The number of allylic oxidation sites excluding steroid dienone is 4. The van der Waals surface area contributed by atoms with Gasteiger partial charge in [0.2, 0.25) is 0 Å². The lowest BCUT2D eigenvalue weighted by atomic mass is 10.0. The first kappa shape index (κ1) is 51.9. The summed E-state index contributed by atoms with van der Waals surface area (Å²) in [6.07, 6.45) is 58.3. The smallest absolute Gasteiger partial charge is 0.306 e. The second-order valence-electron chi connectivity index (χ2n) is 16.2. The lowest BCUT2D eigenvalue weighted by Gasteiger charge is -2.16. The van der Waals surface area contributed by atoms with Crippen molar-refractivity contribution in [1.82, 2.24) is 0 Å². The average molecular weight is 747 g/mol. The van der Waals surface area contributed by atoms with Crippen LogP contribution in [0.4, 0.5) is 0 Å². The molecule has 0 spiro atoms. The van der Waals surface area contributed by atoms with Crippen LogP contribution in [0.3, 0.4) is 0 Å². The third-order valence-corrected chi connectivity index (χ3v) is 10.8. The molecule has 1 N–H and O–H groups in total. The van der Waals surface area contributed by atoms with Crippen LogP contribution in [0.25, 0.3) is 0 Å². The van der Waals surface area contributed by atoms with Gasteiger partial charge in [-0.2, -0.15) is 0 Å². The van der Waals surface area contributed by atoms with Crippen LogP contribution in [-0.2, 0) is 14.3 Å². The summed E-state index contributed by atoms with van der Waals surface area (Å²) < 4.78 is 11.2. The van der Waals surface area contributed by atoms with Gasteiger partial charge < -0.3 is 14.6 Å². The maximum Gasteiger partial charge on any atom is 0.306 e. The Morgan fingerprint density at radius 2 is 0.792 bits per heavy atom. The van der Waals surface area contributed by atoms with Crippen LogP contribution in [0.5, 0.6) is 0 Å². The van der Waals surface area contributed by atoms with Crippen molar-refractivity contribution in [2.75, 3.05) is 19.8 Å². The molecule has 1 atom stereocenters. The Hall–Kier alpha value is -1.13. The summed E-state index contributed by atoms with van der Waals surface area (Å²) in [7, 11) is 0. The molecule has 0 fully saturated rings. The maximum absolute atomic E-state index is 12.2. The highest BCUT2D eigenvalue weighted by Crippen LogP contribution is 2.16. The normalized spacial score (nSPS) is 12.4. The molecular formula is C49H94O4. The molecule has 0 aromatic rings. The van der Waals surface area contributed by atoms with Gasteiger partial charge in [0.25, 0.3) is 0 Å². The minimum Gasteiger partial charge on any atom is -0.457 e. The molecule has 0 aliphatic carbocycles. The zero-order valence-electron chi connectivity index (χ0n) is 36.1. The van der Waals surface area contributed by atoms with Gasteiger partial charge >= 0.3 is 5.97 Å². The van der Waals surface area contributed by atoms with Crippen LogP contribution >= 0.6 is 0 Å². The van der Waals surface area contributed by atoms with Crippen LogP contribution in [0.2, 0.25) is 0 Å². The molecule has 0 aromatic carbocycles. The molecule has 0 aliphatic rings. The molecule has 4 nitrogen and oxygen atoms in total. The van der Waals surface area contributed by atoms with Gasteiger partial charge in [0, 0.05) is 13.0 Å². The Morgan fingerprint density at radius 1 is 0.453 bits per heavy atom. The monoisotopic (exact) mass is 747 g/mol. The van der Waals surface area contributed by atoms with Crippen LogP contribution in [0.15, 0.2) is 24.3 Å². The van der Waals surface area contributed by atoms with Gasteiger partial charge in [0.1, 0.15) is 6.10 Å². The number of ether oxygens (including phenoxy) is 2. The van der Waals surface area contributed by atoms with E-state index in [4.69, 9.17) is 9.47 Å². The molecule has 53 heavy (non-hydrogen) atoms. The highest BCUT2D eigenvalue weighted by molar-refractivity contribution is 5.69. The number of hydrogen-bond donors (Lipinski definition) is 1. The van der Waals surface area contributed by atoms with E-state index < -0.39 is 6.10 Å². The Labute approximate surface area is 332 Å². The summed E-state index contributed by atoms with van der Waals surface area (Å²) in [5, 5.41) is 9.62. The molecule has 4 heteroatoms. The van der Waals surface area contributed by atoms with Gasteiger partial charge in [0.05, 0.1) is 13.2 Å². The lowest BCUT2D eigenvalue weighted by molar-refractivity contribution is -0.154. The highest BCUT2D eigenvalue weighted by Gasteiger charge is 2.13. The fraction of sp³-hybridized carbons (Fsp3) is 0.898. The third-order valence-electron chi connectivity index (χ3n) is 10.8. The number of aliphatic hydroxyl groups excluding tert-OH is 1. The van der Waals surface area contributed by atoms with E-state index in [-0.39, 0.29) is 12.6 Å². The number of aliphatic hydroxyl groups is 1. The van der Waals surface area contributed by atoms with Gasteiger partial charge in [-0.05, 0) is 44.9 Å². The second-order valence-corrected chi connectivity index (χ2v) is 16.2. The number of hydrogen-bond acceptors (Lipinski definition) is 4. The highest BCUT2D eigenvalue weighted by atomic mass is 16.6. The van der Waals surface area contributed by atoms with Crippen LogP contribution in [-0.4, -0.2) is 37.0 Å². The van der Waals surface area contributed by atoms with E-state index in [0.29, 0.717) is 19.6 Å². The minimum absolute atomic E-state index is 0.167. The Morgan fingerprint density at radius 3 is 1.17 bits per heavy atom. The van der Waals surface area contributed by atoms with Gasteiger partial charge in [-0.25, -0.2) is 0 Å². The van der Waals surface area contributed by atoms with Gasteiger partial charge in [-0.1, -0.05) is 231 Å². The van der Waals surface area contributed by atoms with Crippen LogP contribution < -0.4 is 0 Å². The summed E-state index contributed by atoms with van der Waals surface area (Å²) in [6.45, 7) is 5.38. The molecule has 1 unspecified atom stereocenters. The van der Waals surface area contributed by atoms with Crippen molar-refractivity contribution < 1.29 is 19.4 Å². The molecular weight excluding hydrogens is 653 g/mol. The maximum atomic E-state index is 12.2. The van der Waals surface area contributed by atoms with Gasteiger partial charge in [-0.15, -0.1) is 0 Å². The van der Waals surface area contributed by atoms with E-state index in [0.717, 1.165) is 25.7 Å². The topological polar surface area (TPSA) is 55.8 Å². The molecule has 314 valence electrons. The van der Waals surface area contributed by atoms with Crippen molar-refractivity contribution in [2.45, 2.75) is 264 Å². The summed E-state index contributed by atoms with van der Waals surface area (Å²) in [5.41, 5.74) is 0. The first-order valence-corrected chi connectivity index (χ1v) is 23.9. The largest absolute Gasteiger partial charge is 0.457 e. The lowest BCUT2D eigenvalue weighted by Crippen LogP contribution is -2.27. The van der Waals surface area contributed by atoms with Crippen molar-refractivity contribution >= 4 is 5.97 Å². The number of carbonyl (C=O) groups excluding carboxylic acids is 1. The summed E-state index contributed by atoms with van der Waals surface area (Å²) in [5.74, 6) is -0.196. The Kier molecular flexibility index (Phi) is 46.0. The molecule has 0 bridgehead atoms. The fourth-order valence-electron chi connectivity index (χ4n) is 7.18. The Balaban J connectivity index is 3.37. The third kappa shape index (κ3) is 45.2.